The highest BCUT2D eigenvalue weighted by Crippen LogP contribution is 2.07. The Morgan fingerprint density at radius 2 is 0.426 bits per heavy atom. The van der Waals surface area contributed by atoms with Crippen molar-refractivity contribution in [1.82, 2.24) is 74.4 Å². The fourth-order valence-electron chi connectivity index (χ4n) is 11.0. The second-order valence-electron chi connectivity index (χ2n) is 35.1. The first kappa shape index (κ1) is 133. The van der Waals surface area contributed by atoms with E-state index in [1.807, 2.05) is 55.4 Å². The molecular weight excluding hydrogens is 1540 g/mol. The molecular formula is C94H209N19O9. The van der Waals surface area contributed by atoms with Crippen LogP contribution in [0, 0.1) is 41.4 Å². The molecule has 0 aliphatic carbocycles. The summed E-state index contributed by atoms with van der Waals surface area (Å²) in [6.07, 6.45) is 35.5. The van der Waals surface area contributed by atoms with E-state index in [4.69, 9.17) is 38.5 Å². The number of carbonyl (C=O) groups is 7. The molecule has 28 nitrogen and oxygen atoms in total. The first-order valence-electron chi connectivity index (χ1n) is 48.9. The third kappa shape index (κ3) is 150. The van der Waals surface area contributed by atoms with Crippen molar-refractivity contribution in [1.29, 1.82) is 0 Å². The van der Waals surface area contributed by atoms with Crippen LogP contribution in [-0.2, 0) is 38.3 Å². The lowest BCUT2D eigenvalue weighted by atomic mass is 10.1. The summed E-state index contributed by atoms with van der Waals surface area (Å²) in [4.78, 5) is 78.5. The van der Waals surface area contributed by atoms with Gasteiger partial charge in [-0.05, 0) is 275 Å². The van der Waals surface area contributed by atoms with Gasteiger partial charge in [-0.1, -0.05) is 175 Å². The lowest BCUT2D eigenvalue weighted by Crippen LogP contribution is -2.29. The van der Waals surface area contributed by atoms with Gasteiger partial charge in [0, 0.05) is 111 Å². The van der Waals surface area contributed by atoms with Crippen LogP contribution < -0.4 is 103 Å². The van der Waals surface area contributed by atoms with Crippen molar-refractivity contribution in [2.75, 3.05) is 184 Å². The van der Waals surface area contributed by atoms with Gasteiger partial charge < -0.3 is 113 Å². The normalized spacial score (nSPS) is 10.8. The Hall–Kier alpha value is -4.27. The minimum atomic E-state index is 0.108. The highest BCUT2D eigenvalue weighted by molar-refractivity contribution is 5.78. The molecule has 0 saturated heterocycles. The summed E-state index contributed by atoms with van der Waals surface area (Å²) >= 11 is 0. The minimum absolute atomic E-state index is 0.108. The number of nitrogens with two attached hydrogens (primary N) is 5. The van der Waals surface area contributed by atoms with E-state index in [0.717, 1.165) is 234 Å². The molecule has 0 aromatic rings. The second-order valence-corrected chi connectivity index (χ2v) is 35.1. The van der Waals surface area contributed by atoms with Gasteiger partial charge in [0.1, 0.15) is 0 Å². The Labute approximate surface area is 751 Å². The minimum Gasteiger partial charge on any atom is -0.396 e. The number of hydrogen-bond donors (Lipinski definition) is 20. The largest absolute Gasteiger partial charge is 0.396 e. The molecule has 0 bridgehead atoms. The topological polar surface area (TPSA) is 447 Å². The zero-order valence-electron chi connectivity index (χ0n) is 82.9. The van der Waals surface area contributed by atoms with Gasteiger partial charge in [0.2, 0.25) is 41.4 Å². The zero-order valence-corrected chi connectivity index (χ0v) is 82.9. The molecule has 734 valence electrons. The van der Waals surface area contributed by atoms with Crippen LogP contribution in [0.15, 0.2) is 0 Å². The van der Waals surface area contributed by atoms with E-state index in [1.165, 1.54) is 96.4 Å². The number of carbonyl (C=O) groups excluding carboxylic acids is 7. The maximum absolute atomic E-state index is 11.4. The van der Waals surface area contributed by atoms with Crippen molar-refractivity contribution in [2.45, 2.75) is 342 Å². The van der Waals surface area contributed by atoms with Gasteiger partial charge in [-0.2, -0.15) is 0 Å². The maximum atomic E-state index is 11.4. The Kier molecular flexibility index (Phi) is 125. The molecule has 0 atom stereocenters. The zero-order chi connectivity index (χ0) is 93.4. The van der Waals surface area contributed by atoms with Crippen molar-refractivity contribution < 1.29 is 43.4 Å². The predicted molar refractivity (Wildman–Crippen MR) is 522 cm³/mol. The molecule has 0 aliphatic heterocycles. The highest BCUT2D eigenvalue weighted by Gasteiger charge is 2.09. The Morgan fingerprint density at radius 1 is 0.238 bits per heavy atom. The lowest BCUT2D eigenvalue weighted by molar-refractivity contribution is -0.122. The first-order valence-corrected chi connectivity index (χ1v) is 48.9. The standard InChI is InChI=1S/C16H35N3O.C14H32N4O.C14H33N3.C11H25N3O.C11H24N2O.C10H22N2O.C10H21NO2.C8H17NO2/c1-15(2)14-16(20)19-13-9-12-18-11-8-6-4-3-5-7-10-17;1-13(2)12-14(19)18-11-5-10-17-9-4-8-16-7-3-6-15;1-14(2)17-13-9-12-16-11-8-6-4-3-5-7-10-15;1-10(2)9-11(15)14-8-4-7-13-6-3-5-12;1-4-6-12-7-5-8-13-11(14)9-10(2)3;1-9(2)8-10(13)12-7-5-3-4-6-11;1-9(2)8-10(13)11-6-4-3-5-7-12;1-7(2)6-8(10)9-4-5-11-3/h15,18H,3-14,17H2,1-2H3,(H,19,20);13,16-17H,3-12,15H2,1-2H3,(H,18,19);14,16-17H,3-13,15H2,1-2H3;10,13H,3-9,12H2,1-2H3,(H,14,15);10,12H,4-9H2,1-3H3,(H,13,14);9H,3-8,11H2,1-2H3,(H,12,13);9,12H,3-8H2,1-2H3,(H,11,13);7H,4-6H2,1-3H3,(H,9,10). The van der Waals surface area contributed by atoms with Gasteiger partial charge in [0.15, 0.2) is 0 Å². The van der Waals surface area contributed by atoms with Crippen LogP contribution in [0.25, 0.3) is 0 Å². The van der Waals surface area contributed by atoms with Crippen LogP contribution in [0.1, 0.15) is 336 Å². The summed E-state index contributed by atoms with van der Waals surface area (Å²) in [5.74, 6) is 4.17. The fourth-order valence-corrected chi connectivity index (χ4v) is 11.0. The highest BCUT2D eigenvalue weighted by atomic mass is 16.5. The van der Waals surface area contributed by atoms with Crippen molar-refractivity contribution in [2.24, 2.45) is 70.1 Å². The number of aliphatic hydroxyl groups excluding tert-OH is 1. The summed E-state index contributed by atoms with van der Waals surface area (Å²) in [7, 11) is 1.62. The molecule has 0 spiro atoms. The number of unbranched alkanes of at least 4 members (excludes halogenated alkanes) is 14. The Bertz CT molecular complexity index is 2070. The van der Waals surface area contributed by atoms with Crippen molar-refractivity contribution in [3.05, 3.63) is 0 Å². The van der Waals surface area contributed by atoms with Crippen LogP contribution >= 0.6 is 0 Å². The summed E-state index contributed by atoms with van der Waals surface area (Å²) < 4.78 is 4.78. The van der Waals surface area contributed by atoms with Crippen LogP contribution in [0.5, 0.6) is 0 Å². The quantitative estimate of drug-likeness (QED) is 0.0252. The predicted octanol–water partition coefficient (Wildman–Crippen LogP) is 10.5. The second kappa shape index (κ2) is 115. The molecule has 0 unspecified atom stereocenters. The lowest BCUT2D eigenvalue weighted by Gasteiger charge is -2.08. The van der Waals surface area contributed by atoms with Crippen molar-refractivity contribution in [3.8, 4) is 0 Å². The molecule has 7 amide bonds. The molecule has 122 heavy (non-hydrogen) atoms. The molecule has 0 aliphatic rings. The van der Waals surface area contributed by atoms with Gasteiger partial charge in [0.05, 0.1) is 6.61 Å². The molecule has 0 aromatic carbocycles. The van der Waals surface area contributed by atoms with Gasteiger partial charge in [0.25, 0.3) is 0 Å². The van der Waals surface area contributed by atoms with Crippen LogP contribution in [0.4, 0.5) is 0 Å². The summed E-state index contributed by atoms with van der Waals surface area (Å²) in [6.45, 7) is 58.8. The molecule has 0 aromatic heterocycles. The fraction of sp³-hybridized carbons (Fsp3) is 0.926. The number of aliphatic hydroxyl groups is 1. The van der Waals surface area contributed by atoms with Gasteiger partial charge in [-0.25, -0.2) is 0 Å². The molecule has 0 heterocycles. The summed E-state index contributed by atoms with van der Waals surface area (Å²) in [6, 6.07) is 0.614. The third-order valence-corrected chi connectivity index (χ3v) is 17.5. The van der Waals surface area contributed by atoms with Crippen molar-refractivity contribution in [3.63, 3.8) is 0 Å². The van der Waals surface area contributed by atoms with Crippen LogP contribution in [0.2, 0.25) is 0 Å². The van der Waals surface area contributed by atoms with E-state index in [1.54, 1.807) is 7.11 Å². The molecule has 28 heteroatoms. The summed E-state index contributed by atoms with van der Waals surface area (Å²) in [5.41, 5.74) is 27.0. The summed E-state index contributed by atoms with van der Waals surface area (Å²) in [5, 5.41) is 52.4. The average molecular weight is 1750 g/mol. The molecule has 0 saturated carbocycles. The SMILES string of the molecule is CC(C)CC(=O)NCCCCCN.CC(C)CC(=O)NCCCCCO.CC(C)CC(=O)NCCCNCCCCCCCCN.CC(C)CC(=O)NCCCNCCCN.CC(C)CC(=O)NCCCNCCCNCCCN.CC(C)NCCCNCCCCCCCCN.CCCNCCCNC(=O)CC(C)C.COCCNC(=O)CC(C)C. The number of hydrogen-bond acceptors (Lipinski definition) is 21. The van der Waals surface area contributed by atoms with E-state index in [0.29, 0.717) is 106 Å². The van der Waals surface area contributed by atoms with E-state index < -0.39 is 0 Å². The monoisotopic (exact) mass is 1750 g/mol. The number of rotatable bonds is 76. The van der Waals surface area contributed by atoms with Crippen molar-refractivity contribution >= 4 is 41.4 Å². The van der Waals surface area contributed by atoms with E-state index >= 15 is 0 Å². The third-order valence-electron chi connectivity index (χ3n) is 17.5. The smallest absolute Gasteiger partial charge is 0.220 e. The van der Waals surface area contributed by atoms with Gasteiger partial charge >= 0.3 is 0 Å². The van der Waals surface area contributed by atoms with Gasteiger partial charge in [-0.15, -0.1) is 0 Å². The first-order chi connectivity index (χ1) is 58.4. The molecule has 0 radical (unpaired) electrons. The van der Waals surface area contributed by atoms with Crippen LogP contribution in [-0.4, -0.2) is 236 Å². The molecule has 25 N–H and O–H groups in total. The maximum Gasteiger partial charge on any atom is 0.220 e. The number of amides is 7. The van der Waals surface area contributed by atoms with Crippen LogP contribution in [0.3, 0.4) is 0 Å². The molecule has 0 fully saturated rings. The number of methoxy groups -OCH3 is 1. The Morgan fingerprint density at radius 3 is 0.664 bits per heavy atom. The van der Waals surface area contributed by atoms with E-state index in [-0.39, 0.29) is 48.0 Å². The Balaban J connectivity index is -0.000000204. The number of ether oxygens (including phenoxy) is 1. The van der Waals surface area contributed by atoms with E-state index in [2.05, 4.69) is 137 Å². The average Bonchev–Trinajstić information content (AvgIpc) is 1.05. The number of nitrogens with one attached hydrogen (secondary N) is 14. The van der Waals surface area contributed by atoms with Gasteiger partial charge in [-0.3, -0.25) is 33.6 Å². The van der Waals surface area contributed by atoms with E-state index in [9.17, 15) is 33.6 Å². The molecule has 0 rings (SSSR count).